The third kappa shape index (κ3) is 2.82. The van der Waals surface area contributed by atoms with Gasteiger partial charge in [-0.3, -0.25) is 4.79 Å². The lowest BCUT2D eigenvalue weighted by Gasteiger charge is -2.07. The van der Waals surface area contributed by atoms with Crippen LogP contribution in [0.5, 0.6) is 0 Å². The first-order valence-electron chi connectivity index (χ1n) is 4.47. The van der Waals surface area contributed by atoms with Gasteiger partial charge in [0.05, 0.1) is 16.0 Å². The van der Waals surface area contributed by atoms with E-state index < -0.39 is 0 Å². The van der Waals surface area contributed by atoms with Crippen molar-refractivity contribution in [3.8, 4) is 12.1 Å². The predicted molar refractivity (Wildman–Crippen MR) is 62.9 cm³/mol. The average molecular weight is 278 g/mol. The lowest BCUT2D eigenvalue weighted by atomic mass is 10.1. The first-order chi connectivity index (χ1) is 7.58. The molecule has 1 aromatic rings. The number of halogens is 1. The van der Waals surface area contributed by atoms with Gasteiger partial charge >= 0.3 is 0 Å². The Morgan fingerprint density at radius 1 is 1.38 bits per heavy atom. The summed E-state index contributed by atoms with van der Waals surface area (Å²) in [5.41, 5.74) is 1.06. The van der Waals surface area contributed by atoms with Crippen molar-refractivity contribution >= 4 is 27.5 Å². The van der Waals surface area contributed by atoms with Gasteiger partial charge in [0, 0.05) is 5.69 Å². The predicted octanol–water partition coefficient (Wildman–Crippen LogP) is 2.15. The van der Waals surface area contributed by atoms with Crippen LogP contribution < -0.4 is 5.32 Å². The number of nitrogens with one attached hydrogen (secondary N) is 1. The number of alkyl halides is 1. The van der Waals surface area contributed by atoms with E-state index in [9.17, 15) is 4.79 Å². The second-order valence-corrected chi connectivity index (χ2v) is 4.46. The van der Waals surface area contributed by atoms with Crippen LogP contribution in [0.2, 0.25) is 0 Å². The molecule has 0 heterocycles. The average Bonchev–Trinajstić information content (AvgIpc) is 2.28. The molecule has 16 heavy (non-hydrogen) atoms. The lowest BCUT2D eigenvalue weighted by molar-refractivity contribution is -0.115. The monoisotopic (exact) mass is 277 g/mol. The molecule has 1 amide bonds. The van der Waals surface area contributed by atoms with Crippen LogP contribution in [0.4, 0.5) is 5.69 Å². The van der Waals surface area contributed by atoms with Crippen molar-refractivity contribution < 1.29 is 4.79 Å². The molecule has 0 spiro atoms. The summed E-state index contributed by atoms with van der Waals surface area (Å²) in [5.74, 6) is -0.200. The lowest BCUT2D eigenvalue weighted by Crippen LogP contribution is -2.19. The van der Waals surface area contributed by atoms with Gasteiger partial charge in [-0.15, -0.1) is 0 Å². The fourth-order valence-electron chi connectivity index (χ4n) is 1.05. The van der Waals surface area contributed by atoms with Gasteiger partial charge in [-0.2, -0.15) is 10.5 Å². The first-order valence-corrected chi connectivity index (χ1v) is 5.39. The third-order valence-electron chi connectivity index (χ3n) is 1.89. The van der Waals surface area contributed by atoms with Gasteiger partial charge < -0.3 is 5.32 Å². The molecule has 0 aliphatic carbocycles. The quantitative estimate of drug-likeness (QED) is 0.842. The molecular weight excluding hydrogens is 270 g/mol. The van der Waals surface area contributed by atoms with E-state index >= 15 is 0 Å². The molecule has 0 aliphatic rings. The molecule has 0 fully saturated rings. The van der Waals surface area contributed by atoms with E-state index in [0.717, 1.165) is 0 Å². The number of benzene rings is 1. The van der Waals surface area contributed by atoms with Crippen molar-refractivity contribution in [2.75, 3.05) is 5.32 Å². The molecule has 1 aromatic carbocycles. The van der Waals surface area contributed by atoms with E-state index in [1.54, 1.807) is 13.0 Å². The van der Waals surface area contributed by atoms with Crippen molar-refractivity contribution in [2.45, 2.75) is 11.8 Å². The van der Waals surface area contributed by atoms with Crippen LogP contribution >= 0.6 is 15.9 Å². The van der Waals surface area contributed by atoms with E-state index in [-0.39, 0.29) is 16.3 Å². The topological polar surface area (TPSA) is 76.7 Å². The normalized spacial score (nSPS) is 11.0. The molecule has 1 N–H and O–H groups in total. The Kier molecular flexibility index (Phi) is 4.04. The van der Waals surface area contributed by atoms with Gasteiger partial charge in [0.1, 0.15) is 12.1 Å². The number of nitriles is 2. The van der Waals surface area contributed by atoms with E-state index in [1.165, 1.54) is 12.1 Å². The van der Waals surface area contributed by atoms with Crippen LogP contribution in [0.25, 0.3) is 0 Å². The number of amides is 1. The zero-order valence-corrected chi connectivity index (χ0v) is 10.1. The van der Waals surface area contributed by atoms with Crippen LogP contribution in [0.15, 0.2) is 18.2 Å². The molecule has 4 nitrogen and oxygen atoms in total. The number of hydrogen-bond donors (Lipinski definition) is 1. The molecule has 1 unspecified atom stereocenters. The minimum absolute atomic E-state index is 0.200. The van der Waals surface area contributed by atoms with Crippen LogP contribution in [0, 0.1) is 22.7 Å². The Labute approximate surface area is 102 Å². The molecule has 5 heteroatoms. The Bertz CT molecular complexity index is 497. The molecule has 0 bridgehead atoms. The summed E-state index contributed by atoms with van der Waals surface area (Å²) >= 11 is 3.13. The van der Waals surface area contributed by atoms with E-state index in [0.29, 0.717) is 11.3 Å². The number of anilines is 1. The van der Waals surface area contributed by atoms with Crippen molar-refractivity contribution in [3.05, 3.63) is 29.3 Å². The highest BCUT2D eigenvalue weighted by Crippen LogP contribution is 2.15. The summed E-state index contributed by atoms with van der Waals surface area (Å²) in [6.07, 6.45) is 0. The molecule has 0 saturated carbocycles. The zero-order chi connectivity index (χ0) is 12.1. The first kappa shape index (κ1) is 12.2. The van der Waals surface area contributed by atoms with Gasteiger partial charge in [0.2, 0.25) is 5.91 Å². The maximum Gasteiger partial charge on any atom is 0.237 e. The smallest absolute Gasteiger partial charge is 0.237 e. The second kappa shape index (κ2) is 5.29. The van der Waals surface area contributed by atoms with Gasteiger partial charge in [0.25, 0.3) is 0 Å². The molecule has 1 rings (SSSR count). The maximum atomic E-state index is 11.4. The highest BCUT2D eigenvalue weighted by molar-refractivity contribution is 9.10. The fraction of sp³-hybridized carbons (Fsp3) is 0.182. The largest absolute Gasteiger partial charge is 0.325 e. The summed E-state index contributed by atoms with van der Waals surface area (Å²) in [7, 11) is 0. The van der Waals surface area contributed by atoms with Crippen LogP contribution in [-0.4, -0.2) is 10.7 Å². The molecule has 0 radical (unpaired) electrons. The van der Waals surface area contributed by atoms with Crippen molar-refractivity contribution in [1.29, 1.82) is 10.5 Å². The molecule has 0 saturated heterocycles. The Morgan fingerprint density at radius 3 is 2.50 bits per heavy atom. The Hall–Kier alpha value is -1.85. The van der Waals surface area contributed by atoms with Gasteiger partial charge in [0.15, 0.2) is 0 Å². The van der Waals surface area contributed by atoms with Crippen molar-refractivity contribution in [1.82, 2.24) is 0 Å². The number of hydrogen-bond acceptors (Lipinski definition) is 3. The van der Waals surface area contributed by atoms with Crippen LogP contribution in [0.1, 0.15) is 18.1 Å². The number of nitrogens with zero attached hydrogens (tertiary/aromatic N) is 2. The van der Waals surface area contributed by atoms with Gasteiger partial charge in [-0.25, -0.2) is 0 Å². The van der Waals surface area contributed by atoms with Crippen molar-refractivity contribution in [2.24, 2.45) is 0 Å². The Balaban J connectivity index is 2.98. The van der Waals surface area contributed by atoms with Crippen LogP contribution in [0.3, 0.4) is 0 Å². The molecule has 80 valence electrons. The van der Waals surface area contributed by atoms with Crippen LogP contribution in [-0.2, 0) is 4.79 Å². The molecule has 0 aliphatic heterocycles. The summed E-state index contributed by atoms with van der Waals surface area (Å²) in [6, 6.07) is 8.38. The summed E-state index contributed by atoms with van der Waals surface area (Å²) in [5, 5.41) is 20.1. The van der Waals surface area contributed by atoms with Crippen molar-refractivity contribution in [3.63, 3.8) is 0 Å². The standard InChI is InChI=1S/C11H8BrN3O/c1-7(12)11(16)15-10-3-2-8(5-13)9(4-10)6-14/h2-4,7H,1H3,(H,15,16). The number of rotatable bonds is 2. The zero-order valence-electron chi connectivity index (χ0n) is 8.49. The summed E-state index contributed by atoms with van der Waals surface area (Å²) in [6.45, 7) is 1.70. The van der Waals surface area contributed by atoms with E-state index in [1.807, 2.05) is 12.1 Å². The highest BCUT2D eigenvalue weighted by atomic mass is 79.9. The molecule has 0 aromatic heterocycles. The fourth-order valence-corrected chi connectivity index (χ4v) is 1.17. The molecular formula is C11H8BrN3O. The SMILES string of the molecule is CC(Br)C(=O)Nc1ccc(C#N)c(C#N)c1. The van der Waals surface area contributed by atoms with Gasteiger partial charge in [-0.1, -0.05) is 15.9 Å². The summed E-state index contributed by atoms with van der Waals surface area (Å²) < 4.78 is 0. The van der Waals surface area contributed by atoms with Gasteiger partial charge in [-0.05, 0) is 25.1 Å². The number of carbonyl (C=O) groups excluding carboxylic acids is 1. The minimum Gasteiger partial charge on any atom is -0.325 e. The second-order valence-electron chi connectivity index (χ2n) is 3.09. The highest BCUT2D eigenvalue weighted by Gasteiger charge is 2.10. The minimum atomic E-state index is -0.311. The van der Waals surface area contributed by atoms with E-state index in [4.69, 9.17) is 10.5 Å². The molecule has 1 atom stereocenters. The number of carbonyl (C=O) groups is 1. The third-order valence-corrected chi connectivity index (χ3v) is 2.31. The van der Waals surface area contributed by atoms with E-state index in [2.05, 4.69) is 21.2 Å². The summed E-state index contributed by atoms with van der Waals surface area (Å²) in [4.78, 5) is 11.0. The maximum absolute atomic E-state index is 11.4. The Morgan fingerprint density at radius 2 is 2.00 bits per heavy atom.